The van der Waals surface area contributed by atoms with Gasteiger partial charge in [0.15, 0.2) is 0 Å². The average Bonchev–Trinajstić information content (AvgIpc) is 3.58. The van der Waals surface area contributed by atoms with Crippen LogP contribution in [-0.2, 0) is 5.41 Å². The first-order valence-electron chi connectivity index (χ1n) is 12.1. The topological polar surface area (TPSA) is 76.7 Å². The monoisotopic (exact) mass is 471 g/mol. The molecule has 0 unspecified atom stereocenters. The van der Waals surface area contributed by atoms with E-state index in [1.54, 1.807) is 0 Å². The lowest BCUT2D eigenvalue weighted by Crippen LogP contribution is -2.10. The molecule has 0 fully saturated rings. The summed E-state index contributed by atoms with van der Waals surface area (Å²) in [4.78, 5) is 12.6. The highest BCUT2D eigenvalue weighted by molar-refractivity contribution is 6.06. The number of hydrogen-bond acceptors (Lipinski definition) is 4. The van der Waals surface area contributed by atoms with E-state index in [0.29, 0.717) is 0 Å². The van der Waals surface area contributed by atoms with Gasteiger partial charge in [0.2, 0.25) is 5.78 Å². The van der Waals surface area contributed by atoms with E-state index in [9.17, 15) is 0 Å². The zero-order chi connectivity index (χ0) is 24.6. The fourth-order valence-corrected chi connectivity index (χ4v) is 5.08. The zero-order valence-electron chi connectivity index (χ0n) is 20.6. The van der Waals surface area contributed by atoms with Gasteiger partial charge in [0.25, 0.3) is 0 Å². The van der Waals surface area contributed by atoms with Gasteiger partial charge in [-0.25, -0.2) is 4.98 Å². The Labute approximate surface area is 207 Å². The van der Waals surface area contributed by atoms with Gasteiger partial charge in [0, 0.05) is 34.4 Å². The van der Waals surface area contributed by atoms with Crippen molar-refractivity contribution < 1.29 is 0 Å². The molecule has 0 saturated heterocycles. The van der Waals surface area contributed by atoms with Crippen LogP contribution in [0.1, 0.15) is 32.2 Å². The fraction of sp³-hybridized carbons (Fsp3) is 0.172. The molecule has 5 aromatic heterocycles. The summed E-state index contributed by atoms with van der Waals surface area (Å²) in [5.41, 5.74) is 8.44. The van der Waals surface area contributed by atoms with E-state index in [0.717, 1.165) is 61.4 Å². The van der Waals surface area contributed by atoms with E-state index in [-0.39, 0.29) is 5.41 Å². The van der Waals surface area contributed by atoms with E-state index in [4.69, 9.17) is 4.98 Å². The van der Waals surface area contributed by atoms with Crippen molar-refractivity contribution in [3.05, 3.63) is 84.6 Å². The highest BCUT2D eigenvalue weighted by Crippen LogP contribution is 2.34. The molecule has 0 amide bonds. The molecule has 7 heteroatoms. The smallest absolute Gasteiger partial charge is 0.241 e. The van der Waals surface area contributed by atoms with Gasteiger partial charge >= 0.3 is 0 Å². The van der Waals surface area contributed by atoms with Gasteiger partial charge in [0.1, 0.15) is 11.5 Å². The quantitative estimate of drug-likeness (QED) is 0.318. The first-order valence-corrected chi connectivity index (χ1v) is 12.1. The summed E-state index contributed by atoms with van der Waals surface area (Å²) in [7, 11) is 0. The Hall–Kier alpha value is -4.52. The number of imidazole rings is 1. The summed E-state index contributed by atoms with van der Waals surface area (Å²) in [6.45, 7) is 8.67. The van der Waals surface area contributed by atoms with Crippen LogP contribution in [0, 0.1) is 6.92 Å². The molecular formula is C29H25N7. The Kier molecular flexibility index (Phi) is 4.19. The predicted octanol–water partition coefficient (Wildman–Crippen LogP) is 6.37. The molecule has 1 N–H and O–H groups in total. The van der Waals surface area contributed by atoms with Crippen LogP contribution in [0.15, 0.2) is 73.2 Å². The minimum Gasteiger partial charge on any atom is -0.346 e. The second-order valence-electron chi connectivity index (χ2n) is 10.4. The van der Waals surface area contributed by atoms with Crippen molar-refractivity contribution in [2.45, 2.75) is 33.1 Å². The molecule has 0 bridgehead atoms. The lowest BCUT2D eigenvalue weighted by atomic mass is 9.87. The maximum Gasteiger partial charge on any atom is 0.241 e. The number of aromatic nitrogens is 7. The van der Waals surface area contributed by atoms with Gasteiger partial charge < -0.3 is 4.98 Å². The first-order chi connectivity index (χ1) is 17.4. The lowest BCUT2D eigenvalue weighted by Gasteiger charge is -2.19. The Bertz CT molecular complexity index is 1930. The van der Waals surface area contributed by atoms with Crippen LogP contribution in [0.25, 0.3) is 55.6 Å². The molecule has 0 aliphatic heterocycles. The van der Waals surface area contributed by atoms with Crippen LogP contribution in [-0.4, -0.2) is 34.1 Å². The summed E-state index contributed by atoms with van der Waals surface area (Å²) in [5.74, 6) is 1.61. The van der Waals surface area contributed by atoms with Crippen LogP contribution in [0.5, 0.6) is 0 Å². The molecule has 36 heavy (non-hydrogen) atoms. The van der Waals surface area contributed by atoms with Gasteiger partial charge in [-0.1, -0.05) is 39.0 Å². The van der Waals surface area contributed by atoms with Gasteiger partial charge in [0.05, 0.1) is 22.7 Å². The summed E-state index contributed by atoms with van der Waals surface area (Å²) < 4.78 is 4.28. The molecule has 0 spiro atoms. The third-order valence-corrected chi connectivity index (χ3v) is 7.02. The first kappa shape index (κ1) is 20.8. The van der Waals surface area contributed by atoms with Crippen LogP contribution in [0.2, 0.25) is 0 Å². The number of nitrogens with zero attached hydrogens (tertiary/aromatic N) is 6. The largest absolute Gasteiger partial charge is 0.346 e. The lowest BCUT2D eigenvalue weighted by molar-refractivity contribution is 0.590. The molecule has 7 rings (SSSR count). The second-order valence-corrected chi connectivity index (χ2v) is 10.4. The Morgan fingerprint density at radius 3 is 2.47 bits per heavy atom. The number of benzene rings is 2. The van der Waals surface area contributed by atoms with Crippen molar-refractivity contribution in [2.75, 3.05) is 0 Å². The number of aryl methyl sites for hydroxylation is 1. The summed E-state index contributed by atoms with van der Waals surface area (Å²) in [5, 5.41) is 11.1. The Morgan fingerprint density at radius 2 is 1.67 bits per heavy atom. The predicted molar refractivity (Wildman–Crippen MR) is 144 cm³/mol. The molecule has 0 atom stereocenters. The second kappa shape index (κ2) is 7.24. The normalized spacial score (nSPS) is 12.4. The Morgan fingerprint density at radius 1 is 0.833 bits per heavy atom. The maximum atomic E-state index is 4.80. The van der Waals surface area contributed by atoms with Crippen LogP contribution in [0.4, 0.5) is 0 Å². The molecule has 2 aromatic carbocycles. The van der Waals surface area contributed by atoms with Gasteiger partial charge in [-0.05, 0) is 59.9 Å². The van der Waals surface area contributed by atoms with E-state index >= 15 is 0 Å². The molecule has 176 valence electrons. The van der Waals surface area contributed by atoms with Gasteiger partial charge in [-0.15, -0.1) is 10.2 Å². The molecule has 0 aliphatic rings. The number of nitrogens with one attached hydrogen (secondary N) is 1. The summed E-state index contributed by atoms with van der Waals surface area (Å²) in [6, 6.07) is 19.4. The molecule has 5 heterocycles. The van der Waals surface area contributed by atoms with Crippen LogP contribution < -0.4 is 0 Å². The highest BCUT2D eigenvalue weighted by atomic mass is 15.3. The third-order valence-electron chi connectivity index (χ3n) is 7.02. The maximum absolute atomic E-state index is 4.80. The fourth-order valence-electron chi connectivity index (χ4n) is 5.08. The highest BCUT2D eigenvalue weighted by Gasteiger charge is 2.20. The summed E-state index contributed by atoms with van der Waals surface area (Å²) in [6.07, 6.45) is 5.76. The van der Waals surface area contributed by atoms with Gasteiger partial charge in [-0.2, -0.15) is 0 Å². The van der Waals surface area contributed by atoms with Crippen molar-refractivity contribution in [3.63, 3.8) is 0 Å². The third kappa shape index (κ3) is 2.99. The Balaban J connectivity index is 1.53. The van der Waals surface area contributed by atoms with Crippen molar-refractivity contribution in [1.29, 1.82) is 0 Å². The summed E-state index contributed by atoms with van der Waals surface area (Å²) >= 11 is 0. The van der Waals surface area contributed by atoms with Gasteiger partial charge in [-0.3, -0.25) is 14.0 Å². The van der Waals surface area contributed by atoms with E-state index in [2.05, 4.69) is 98.4 Å². The SMILES string of the molecule is Cc1nnc2n(-c3ccc(C(C)(C)C)cc3)c3c4cc(-c5cnc6[nH]ccc6c5)ccc4ncc3n12. The number of hydrogen-bond donors (Lipinski definition) is 1. The number of rotatable bonds is 2. The van der Waals surface area contributed by atoms with Crippen molar-refractivity contribution in [2.24, 2.45) is 0 Å². The number of fused-ring (bicyclic) bond motifs is 6. The zero-order valence-corrected chi connectivity index (χ0v) is 20.6. The van der Waals surface area contributed by atoms with Crippen molar-refractivity contribution in [1.82, 2.24) is 34.1 Å². The van der Waals surface area contributed by atoms with Crippen LogP contribution >= 0.6 is 0 Å². The van der Waals surface area contributed by atoms with E-state index in [1.807, 2.05) is 31.6 Å². The average molecular weight is 472 g/mol. The number of pyridine rings is 2. The number of H-pyrrole nitrogens is 1. The van der Waals surface area contributed by atoms with E-state index in [1.165, 1.54) is 5.56 Å². The number of aromatic amines is 1. The minimum atomic E-state index is 0.0815. The van der Waals surface area contributed by atoms with Crippen molar-refractivity contribution in [3.8, 4) is 16.8 Å². The molecule has 7 nitrogen and oxygen atoms in total. The standard InChI is InChI=1S/C29H25N7/c1-17-33-34-28-35(17)25-16-31-24-10-5-18(20-13-19-11-12-30-27(19)32-15-20)14-23(24)26(25)36(28)22-8-6-21(7-9-22)29(2,3)4/h5-16H,1-4H3,(H,30,32). The molecule has 0 saturated carbocycles. The molecule has 0 radical (unpaired) electrons. The molecular weight excluding hydrogens is 446 g/mol. The van der Waals surface area contributed by atoms with E-state index < -0.39 is 0 Å². The minimum absolute atomic E-state index is 0.0815. The van der Waals surface area contributed by atoms with Crippen LogP contribution in [0.3, 0.4) is 0 Å². The molecule has 7 aromatic rings. The van der Waals surface area contributed by atoms with Crippen molar-refractivity contribution >= 4 is 38.7 Å². The molecule has 0 aliphatic carbocycles.